The molecule has 0 bridgehead atoms. The number of rotatable bonds is 4. The van der Waals surface area contributed by atoms with Crippen molar-refractivity contribution in [3.8, 4) is 0 Å². The van der Waals surface area contributed by atoms with Crippen molar-refractivity contribution >= 4 is 14.5 Å². The molecule has 0 aromatic rings. The largest absolute Gasteiger partial charge is 0.457 e. The van der Waals surface area contributed by atoms with Gasteiger partial charge in [0.2, 0.25) is 0 Å². The minimum absolute atomic E-state index is 0.0139. The maximum absolute atomic E-state index is 10.0. The zero-order chi connectivity index (χ0) is 9.07. The molecule has 64 valence electrons. The summed E-state index contributed by atoms with van der Waals surface area (Å²) in [5.74, 6) is 1.16. The Hall–Kier alpha value is -0.313. The van der Waals surface area contributed by atoms with E-state index in [1.54, 1.807) is 0 Å². The Morgan fingerprint density at radius 1 is 1.36 bits per heavy atom. The SMILES string of the molecule is C[C](C)C(O[C]=O)[Si](C)(C)C. The number of hydrogen-bond acceptors (Lipinski definition) is 2. The highest BCUT2D eigenvalue weighted by Gasteiger charge is 2.31. The van der Waals surface area contributed by atoms with Crippen molar-refractivity contribution in [2.24, 2.45) is 0 Å². The lowest BCUT2D eigenvalue weighted by Gasteiger charge is -2.29. The fourth-order valence-corrected chi connectivity index (χ4v) is 3.34. The molecule has 0 saturated heterocycles. The summed E-state index contributed by atoms with van der Waals surface area (Å²) in [7, 11) is -1.39. The third-order valence-electron chi connectivity index (χ3n) is 1.48. The number of carbonyl (C=O) groups excluding carboxylic acids is 1. The summed E-state index contributed by atoms with van der Waals surface area (Å²) < 4.78 is 4.89. The standard InChI is InChI=1S/C8H16O2Si/c1-7(2)8(10-6-9)11(3,4)5/h8H,1-5H3. The lowest BCUT2D eigenvalue weighted by molar-refractivity contribution is 0.247. The van der Waals surface area contributed by atoms with E-state index in [2.05, 4.69) is 19.6 Å². The third kappa shape index (κ3) is 3.56. The van der Waals surface area contributed by atoms with Gasteiger partial charge in [-0.25, -0.2) is 4.79 Å². The molecular weight excluding hydrogens is 156 g/mol. The quantitative estimate of drug-likeness (QED) is 0.606. The molecule has 0 saturated carbocycles. The highest BCUT2D eigenvalue weighted by atomic mass is 28.3. The average Bonchev–Trinajstić information content (AvgIpc) is 1.79. The van der Waals surface area contributed by atoms with Gasteiger partial charge in [-0.05, 0) is 0 Å². The van der Waals surface area contributed by atoms with E-state index >= 15 is 0 Å². The molecule has 0 aliphatic rings. The second-order valence-corrected chi connectivity index (χ2v) is 9.28. The van der Waals surface area contributed by atoms with Crippen LogP contribution in [0.15, 0.2) is 0 Å². The lowest BCUT2D eigenvalue weighted by atomic mass is 10.2. The van der Waals surface area contributed by atoms with Crippen LogP contribution in [0, 0.1) is 5.92 Å². The van der Waals surface area contributed by atoms with Crippen molar-refractivity contribution in [2.75, 3.05) is 0 Å². The second kappa shape index (κ2) is 3.90. The zero-order valence-corrected chi connectivity index (χ0v) is 8.89. The first-order chi connectivity index (χ1) is 4.89. The first kappa shape index (κ1) is 10.7. The van der Waals surface area contributed by atoms with Crippen molar-refractivity contribution in [2.45, 2.75) is 39.2 Å². The van der Waals surface area contributed by atoms with Crippen molar-refractivity contribution in [3.63, 3.8) is 0 Å². The highest BCUT2D eigenvalue weighted by Crippen LogP contribution is 2.19. The molecule has 0 N–H and O–H groups in total. The molecule has 0 heterocycles. The van der Waals surface area contributed by atoms with Crippen LogP contribution in [0.25, 0.3) is 0 Å². The van der Waals surface area contributed by atoms with Crippen LogP contribution >= 0.6 is 0 Å². The van der Waals surface area contributed by atoms with Crippen LogP contribution in [0.5, 0.6) is 0 Å². The minimum Gasteiger partial charge on any atom is -0.457 e. The van der Waals surface area contributed by atoms with Gasteiger partial charge in [0, 0.05) is 5.92 Å². The minimum atomic E-state index is -1.39. The summed E-state index contributed by atoms with van der Waals surface area (Å²) in [6, 6.07) is 0. The van der Waals surface area contributed by atoms with Gasteiger partial charge in [0.05, 0.1) is 13.8 Å². The molecule has 2 radical (unpaired) electrons. The van der Waals surface area contributed by atoms with E-state index in [1.807, 2.05) is 13.8 Å². The van der Waals surface area contributed by atoms with E-state index in [4.69, 9.17) is 4.74 Å². The van der Waals surface area contributed by atoms with Crippen molar-refractivity contribution < 1.29 is 9.53 Å². The van der Waals surface area contributed by atoms with Gasteiger partial charge in [-0.3, -0.25) is 0 Å². The van der Waals surface area contributed by atoms with Gasteiger partial charge < -0.3 is 4.74 Å². The van der Waals surface area contributed by atoms with Crippen LogP contribution in [0.1, 0.15) is 13.8 Å². The Kier molecular flexibility index (Phi) is 3.79. The zero-order valence-electron chi connectivity index (χ0n) is 7.89. The number of ether oxygens (including phenoxy) is 1. The molecule has 0 aromatic carbocycles. The third-order valence-corrected chi connectivity index (χ3v) is 3.75. The molecular formula is C8H16O2Si. The van der Waals surface area contributed by atoms with Crippen molar-refractivity contribution in [1.29, 1.82) is 0 Å². The summed E-state index contributed by atoms with van der Waals surface area (Å²) in [4.78, 5) is 10.0. The molecule has 0 fully saturated rings. The van der Waals surface area contributed by atoms with Gasteiger partial charge in [0.15, 0.2) is 0 Å². The van der Waals surface area contributed by atoms with Crippen LogP contribution in [-0.2, 0) is 9.53 Å². The Morgan fingerprint density at radius 3 is 1.91 bits per heavy atom. The van der Waals surface area contributed by atoms with Crippen LogP contribution in [-0.4, -0.2) is 20.3 Å². The van der Waals surface area contributed by atoms with Crippen molar-refractivity contribution in [3.05, 3.63) is 5.92 Å². The second-order valence-electron chi connectivity index (χ2n) is 4.02. The van der Waals surface area contributed by atoms with E-state index < -0.39 is 8.07 Å². The van der Waals surface area contributed by atoms with Crippen LogP contribution in [0.4, 0.5) is 0 Å². The van der Waals surface area contributed by atoms with Gasteiger partial charge in [-0.15, -0.1) is 0 Å². The van der Waals surface area contributed by atoms with E-state index in [0.29, 0.717) is 0 Å². The summed E-state index contributed by atoms with van der Waals surface area (Å²) in [5, 5.41) is 0. The molecule has 3 heteroatoms. The average molecular weight is 172 g/mol. The van der Waals surface area contributed by atoms with Gasteiger partial charge in [0.1, 0.15) is 0 Å². The van der Waals surface area contributed by atoms with E-state index in [9.17, 15) is 4.79 Å². The van der Waals surface area contributed by atoms with Gasteiger partial charge in [-0.1, -0.05) is 33.5 Å². The predicted molar refractivity (Wildman–Crippen MR) is 48.5 cm³/mol. The molecule has 1 unspecified atom stereocenters. The molecule has 11 heavy (non-hydrogen) atoms. The first-order valence-corrected chi connectivity index (χ1v) is 7.30. The fraction of sp³-hybridized carbons (Fsp3) is 0.750. The summed E-state index contributed by atoms with van der Waals surface area (Å²) in [5.41, 5.74) is 0.0139. The molecule has 0 rings (SSSR count). The molecule has 0 spiro atoms. The van der Waals surface area contributed by atoms with E-state index in [-0.39, 0.29) is 5.73 Å². The molecule has 0 aliphatic heterocycles. The summed E-state index contributed by atoms with van der Waals surface area (Å²) in [6.45, 7) is 12.0. The maximum Gasteiger partial charge on any atom is 0.417 e. The van der Waals surface area contributed by atoms with Crippen LogP contribution in [0.3, 0.4) is 0 Å². The van der Waals surface area contributed by atoms with E-state index in [1.165, 1.54) is 6.47 Å². The molecule has 0 amide bonds. The molecule has 0 aliphatic carbocycles. The van der Waals surface area contributed by atoms with Gasteiger partial charge in [0.25, 0.3) is 0 Å². The van der Waals surface area contributed by atoms with Crippen molar-refractivity contribution in [1.82, 2.24) is 0 Å². The Labute approximate surface area is 69.9 Å². The highest BCUT2D eigenvalue weighted by molar-refractivity contribution is 6.77. The Bertz CT molecular complexity index is 127. The Balaban J connectivity index is 4.21. The molecule has 0 aromatic heterocycles. The summed E-state index contributed by atoms with van der Waals surface area (Å²) >= 11 is 0. The van der Waals surface area contributed by atoms with Crippen LogP contribution in [0.2, 0.25) is 19.6 Å². The Morgan fingerprint density at radius 2 is 1.82 bits per heavy atom. The van der Waals surface area contributed by atoms with E-state index in [0.717, 1.165) is 5.92 Å². The fourth-order valence-electron chi connectivity index (χ4n) is 1.21. The molecule has 2 nitrogen and oxygen atoms in total. The van der Waals surface area contributed by atoms with Gasteiger partial charge in [-0.2, -0.15) is 0 Å². The monoisotopic (exact) mass is 172 g/mol. The smallest absolute Gasteiger partial charge is 0.417 e. The normalized spacial score (nSPS) is 14.7. The topological polar surface area (TPSA) is 26.3 Å². The lowest BCUT2D eigenvalue weighted by Crippen LogP contribution is -2.42. The van der Waals surface area contributed by atoms with Crippen LogP contribution < -0.4 is 0 Å². The molecule has 1 atom stereocenters. The first-order valence-electron chi connectivity index (χ1n) is 3.72. The van der Waals surface area contributed by atoms with Gasteiger partial charge >= 0.3 is 6.47 Å². The number of hydrogen-bond donors (Lipinski definition) is 0. The summed E-state index contributed by atoms with van der Waals surface area (Å²) in [6.07, 6.45) is 0. The predicted octanol–water partition coefficient (Wildman–Crippen LogP) is 1.93. The maximum atomic E-state index is 10.0.